The predicted octanol–water partition coefficient (Wildman–Crippen LogP) is 5.99. The fourth-order valence-electron chi connectivity index (χ4n) is 3.87. The highest BCUT2D eigenvalue weighted by Gasteiger charge is 2.19. The van der Waals surface area contributed by atoms with E-state index in [4.69, 9.17) is 0 Å². The molecule has 0 aliphatic heterocycles. The van der Waals surface area contributed by atoms with Crippen molar-refractivity contribution in [1.82, 2.24) is 4.57 Å². The molecule has 4 aromatic rings. The molecule has 1 aromatic heterocycles. The van der Waals surface area contributed by atoms with E-state index in [0.717, 1.165) is 16.9 Å². The molecule has 0 aliphatic carbocycles. The van der Waals surface area contributed by atoms with Gasteiger partial charge >= 0.3 is 4.87 Å². The van der Waals surface area contributed by atoms with Gasteiger partial charge in [-0.2, -0.15) is 0 Å². The molecule has 0 unspecified atom stereocenters. The molecule has 36 heavy (non-hydrogen) atoms. The van der Waals surface area contributed by atoms with Crippen molar-refractivity contribution in [1.29, 1.82) is 0 Å². The van der Waals surface area contributed by atoms with Gasteiger partial charge in [0.1, 0.15) is 0 Å². The van der Waals surface area contributed by atoms with Crippen LogP contribution in [0.25, 0.3) is 10.2 Å². The molecule has 0 saturated heterocycles. The SMILES string of the molecule is CC(C)n1c(=O)sc2cc(S(=O)(=O)Nc3cccc(NC(=O)c4ccc(C(C)(C)C)cc4)c3)ccc21. The van der Waals surface area contributed by atoms with Crippen molar-refractivity contribution < 1.29 is 13.2 Å². The summed E-state index contributed by atoms with van der Waals surface area (Å²) in [6.45, 7) is 10.1. The van der Waals surface area contributed by atoms with Crippen molar-refractivity contribution in [2.45, 2.75) is 51.0 Å². The van der Waals surface area contributed by atoms with E-state index in [0.29, 0.717) is 27.2 Å². The van der Waals surface area contributed by atoms with E-state index in [1.54, 1.807) is 47.0 Å². The molecule has 0 bridgehead atoms. The minimum absolute atomic E-state index is 0.0125. The third kappa shape index (κ3) is 5.37. The fraction of sp³-hybridized carbons (Fsp3) is 0.259. The number of sulfonamides is 1. The molecular formula is C27H29N3O4S2. The third-order valence-corrected chi connectivity index (χ3v) is 8.09. The van der Waals surface area contributed by atoms with Crippen molar-refractivity contribution >= 4 is 48.9 Å². The Labute approximate surface area is 214 Å². The maximum absolute atomic E-state index is 13.1. The number of carbonyl (C=O) groups excluding carboxylic acids is 1. The maximum atomic E-state index is 13.1. The highest BCUT2D eigenvalue weighted by molar-refractivity contribution is 7.92. The van der Waals surface area contributed by atoms with Crippen LogP contribution in [0.4, 0.5) is 11.4 Å². The highest BCUT2D eigenvalue weighted by atomic mass is 32.2. The van der Waals surface area contributed by atoms with Crippen LogP contribution < -0.4 is 14.9 Å². The van der Waals surface area contributed by atoms with Crippen LogP contribution in [0.2, 0.25) is 0 Å². The van der Waals surface area contributed by atoms with E-state index in [1.165, 1.54) is 12.1 Å². The van der Waals surface area contributed by atoms with Gasteiger partial charge in [-0.15, -0.1) is 0 Å². The second-order valence-electron chi connectivity index (χ2n) is 9.93. The Balaban J connectivity index is 1.53. The molecule has 0 fully saturated rings. The minimum atomic E-state index is -3.91. The molecule has 0 spiro atoms. The van der Waals surface area contributed by atoms with Crippen molar-refractivity contribution in [3.63, 3.8) is 0 Å². The summed E-state index contributed by atoms with van der Waals surface area (Å²) >= 11 is 1.02. The molecule has 4 rings (SSSR count). The molecule has 0 saturated carbocycles. The van der Waals surface area contributed by atoms with E-state index in [9.17, 15) is 18.0 Å². The number of hydrogen-bond donors (Lipinski definition) is 2. The summed E-state index contributed by atoms with van der Waals surface area (Å²) in [7, 11) is -3.91. The first-order valence-corrected chi connectivity index (χ1v) is 13.8. The minimum Gasteiger partial charge on any atom is -0.322 e. The van der Waals surface area contributed by atoms with E-state index < -0.39 is 10.0 Å². The zero-order chi connectivity index (χ0) is 26.3. The summed E-state index contributed by atoms with van der Waals surface area (Å²) < 4.78 is 30.9. The summed E-state index contributed by atoms with van der Waals surface area (Å²) in [5.41, 5.74) is 3.10. The molecule has 2 N–H and O–H groups in total. The van der Waals surface area contributed by atoms with Gasteiger partial charge in [0.15, 0.2) is 0 Å². The number of benzene rings is 3. The lowest BCUT2D eigenvalue weighted by molar-refractivity contribution is 0.102. The summed E-state index contributed by atoms with van der Waals surface area (Å²) in [5, 5.41) is 2.82. The van der Waals surface area contributed by atoms with Crippen molar-refractivity contribution in [2.75, 3.05) is 10.0 Å². The number of amides is 1. The molecule has 3 aromatic carbocycles. The van der Waals surface area contributed by atoms with Crippen LogP contribution in [-0.2, 0) is 15.4 Å². The monoisotopic (exact) mass is 523 g/mol. The Morgan fingerprint density at radius 3 is 2.25 bits per heavy atom. The first kappa shape index (κ1) is 25.7. The second kappa shape index (κ2) is 9.55. The molecular weight excluding hydrogens is 494 g/mol. The van der Waals surface area contributed by atoms with Gasteiger partial charge < -0.3 is 5.32 Å². The van der Waals surface area contributed by atoms with E-state index in [2.05, 4.69) is 30.8 Å². The number of anilines is 2. The zero-order valence-electron chi connectivity index (χ0n) is 20.8. The summed E-state index contributed by atoms with van der Waals surface area (Å²) in [4.78, 5) is 25.0. The predicted molar refractivity (Wildman–Crippen MR) is 147 cm³/mol. The van der Waals surface area contributed by atoms with Gasteiger partial charge in [0.25, 0.3) is 15.9 Å². The normalized spacial score (nSPS) is 12.2. The van der Waals surface area contributed by atoms with Gasteiger partial charge in [-0.05, 0) is 73.4 Å². The van der Waals surface area contributed by atoms with Crippen LogP contribution in [0.15, 0.2) is 76.4 Å². The lowest BCUT2D eigenvalue weighted by Crippen LogP contribution is -2.15. The zero-order valence-corrected chi connectivity index (χ0v) is 22.5. The van der Waals surface area contributed by atoms with Crippen LogP contribution in [0.3, 0.4) is 0 Å². The number of nitrogens with zero attached hydrogens (tertiary/aromatic N) is 1. The molecule has 0 atom stereocenters. The smallest absolute Gasteiger partial charge is 0.308 e. The number of fused-ring (bicyclic) bond motifs is 1. The summed E-state index contributed by atoms with van der Waals surface area (Å²) in [6.07, 6.45) is 0. The molecule has 0 radical (unpaired) electrons. The average Bonchev–Trinajstić information content (AvgIpc) is 3.13. The lowest BCUT2D eigenvalue weighted by atomic mass is 9.87. The van der Waals surface area contributed by atoms with Crippen LogP contribution in [0.1, 0.15) is 56.6 Å². The fourth-order valence-corrected chi connectivity index (χ4v) is 6.07. The van der Waals surface area contributed by atoms with E-state index in [1.807, 2.05) is 26.0 Å². The number of thiazole rings is 1. The first-order valence-electron chi connectivity index (χ1n) is 11.5. The Morgan fingerprint density at radius 1 is 0.944 bits per heavy atom. The van der Waals surface area contributed by atoms with Gasteiger partial charge in [0, 0.05) is 17.3 Å². The van der Waals surface area contributed by atoms with Crippen molar-refractivity contribution in [3.05, 3.63) is 87.5 Å². The molecule has 9 heteroatoms. The van der Waals surface area contributed by atoms with Gasteiger partial charge in [-0.1, -0.05) is 50.3 Å². The molecule has 7 nitrogen and oxygen atoms in total. The van der Waals surface area contributed by atoms with Crippen molar-refractivity contribution in [2.24, 2.45) is 0 Å². The Kier molecular flexibility index (Phi) is 6.81. The van der Waals surface area contributed by atoms with E-state index in [-0.39, 0.29) is 27.1 Å². The second-order valence-corrected chi connectivity index (χ2v) is 12.6. The molecule has 0 aliphatic rings. The highest BCUT2D eigenvalue weighted by Crippen LogP contribution is 2.26. The number of rotatable bonds is 6. The van der Waals surface area contributed by atoms with Crippen LogP contribution >= 0.6 is 11.3 Å². The van der Waals surface area contributed by atoms with Crippen LogP contribution in [0.5, 0.6) is 0 Å². The first-order chi connectivity index (χ1) is 16.8. The van der Waals surface area contributed by atoms with Crippen molar-refractivity contribution in [3.8, 4) is 0 Å². The number of hydrogen-bond acceptors (Lipinski definition) is 5. The Bertz CT molecular complexity index is 1590. The summed E-state index contributed by atoms with van der Waals surface area (Å²) in [5.74, 6) is -0.287. The topological polar surface area (TPSA) is 97.3 Å². The summed E-state index contributed by atoms with van der Waals surface area (Å²) in [6, 6.07) is 18.6. The molecule has 1 amide bonds. The van der Waals surface area contributed by atoms with Gasteiger partial charge in [0.2, 0.25) is 0 Å². The van der Waals surface area contributed by atoms with Crippen LogP contribution in [0, 0.1) is 0 Å². The maximum Gasteiger partial charge on any atom is 0.308 e. The quantitative estimate of drug-likeness (QED) is 0.324. The van der Waals surface area contributed by atoms with E-state index >= 15 is 0 Å². The molecule has 1 heterocycles. The van der Waals surface area contributed by atoms with Gasteiger partial charge in [-0.3, -0.25) is 18.9 Å². The number of carbonyl (C=O) groups is 1. The lowest BCUT2D eigenvalue weighted by Gasteiger charge is -2.19. The molecule has 188 valence electrons. The average molecular weight is 524 g/mol. The standard InChI is InChI=1S/C27H29N3O4S2/c1-17(2)30-23-14-13-22(16-24(23)35-26(30)32)36(33,34)29-21-8-6-7-20(15-21)28-25(31)18-9-11-19(12-10-18)27(3,4)5/h6-17,29H,1-5H3,(H,28,31). The third-order valence-electron chi connectivity index (χ3n) is 5.80. The number of nitrogens with one attached hydrogen (secondary N) is 2. The largest absolute Gasteiger partial charge is 0.322 e. The van der Waals surface area contributed by atoms with Crippen LogP contribution in [-0.4, -0.2) is 18.9 Å². The van der Waals surface area contributed by atoms with Gasteiger partial charge in [-0.25, -0.2) is 8.42 Å². The van der Waals surface area contributed by atoms with Gasteiger partial charge in [0.05, 0.1) is 20.8 Å². The number of aromatic nitrogens is 1. The Hall–Kier alpha value is -3.43. The Morgan fingerprint density at radius 2 is 1.61 bits per heavy atom.